The zero-order valence-electron chi connectivity index (χ0n) is 8.21. The van der Waals surface area contributed by atoms with Crippen molar-refractivity contribution in [3.8, 4) is 0 Å². The van der Waals surface area contributed by atoms with E-state index in [2.05, 4.69) is 25.9 Å². The Morgan fingerprint density at radius 3 is 2.57 bits per heavy atom. The van der Waals surface area contributed by atoms with Crippen molar-refractivity contribution in [1.29, 1.82) is 0 Å². The Morgan fingerprint density at radius 1 is 1.43 bits per heavy atom. The van der Waals surface area contributed by atoms with Crippen molar-refractivity contribution in [3.05, 3.63) is 15.3 Å². The number of anilines is 1. The minimum Gasteiger partial charge on any atom is -0.378 e. The molecule has 0 bridgehead atoms. The van der Waals surface area contributed by atoms with E-state index in [9.17, 15) is 0 Å². The molecule has 6 heteroatoms. The van der Waals surface area contributed by atoms with Crippen LogP contribution in [0.1, 0.15) is 5.69 Å². The summed E-state index contributed by atoms with van der Waals surface area (Å²) in [5.41, 5.74) is 0.746. The first-order chi connectivity index (χ1) is 6.56. The summed E-state index contributed by atoms with van der Waals surface area (Å²) in [6.45, 7) is 0.406. The van der Waals surface area contributed by atoms with Crippen molar-refractivity contribution >= 4 is 33.5 Å². The van der Waals surface area contributed by atoms with E-state index in [0.717, 1.165) is 5.69 Å². The van der Waals surface area contributed by atoms with Gasteiger partial charge in [-0.05, 0) is 15.9 Å². The molecule has 78 valence electrons. The summed E-state index contributed by atoms with van der Waals surface area (Å²) >= 11 is 9.23. The maximum Gasteiger partial charge on any atom is 0.226 e. The average molecular weight is 281 g/mol. The topological polar surface area (TPSA) is 38.2 Å². The molecule has 0 amide bonds. The lowest BCUT2D eigenvalue weighted by molar-refractivity contribution is 0.181. The lowest BCUT2D eigenvalue weighted by atomic mass is 10.4. The van der Waals surface area contributed by atoms with E-state index in [1.54, 1.807) is 12.0 Å². The third kappa shape index (κ3) is 2.56. The van der Waals surface area contributed by atoms with E-state index in [1.807, 2.05) is 14.1 Å². The highest BCUT2D eigenvalue weighted by Gasteiger charge is 2.11. The summed E-state index contributed by atoms with van der Waals surface area (Å²) in [6.07, 6.45) is 0. The molecule has 0 N–H and O–H groups in total. The van der Waals surface area contributed by atoms with Crippen LogP contribution in [0.4, 0.5) is 5.95 Å². The second-order valence-electron chi connectivity index (χ2n) is 2.90. The van der Waals surface area contributed by atoms with Gasteiger partial charge in [-0.1, -0.05) is 11.6 Å². The van der Waals surface area contributed by atoms with Crippen LogP contribution in [0.25, 0.3) is 0 Å². The predicted octanol–water partition coefficient (Wildman–Crippen LogP) is 2.10. The first-order valence-electron chi connectivity index (χ1n) is 3.94. The van der Waals surface area contributed by atoms with Gasteiger partial charge in [0.2, 0.25) is 5.95 Å². The van der Waals surface area contributed by atoms with Crippen LogP contribution in [0.3, 0.4) is 0 Å². The second kappa shape index (κ2) is 4.91. The molecule has 1 heterocycles. The van der Waals surface area contributed by atoms with Gasteiger partial charge in [0.1, 0.15) is 5.15 Å². The summed E-state index contributed by atoms with van der Waals surface area (Å²) in [4.78, 5) is 10.2. The molecule has 1 rings (SSSR count). The minimum atomic E-state index is 0.399. The predicted molar refractivity (Wildman–Crippen MR) is 59.8 cm³/mol. The monoisotopic (exact) mass is 279 g/mol. The van der Waals surface area contributed by atoms with E-state index in [-0.39, 0.29) is 0 Å². The van der Waals surface area contributed by atoms with Crippen molar-refractivity contribution in [2.24, 2.45) is 0 Å². The summed E-state index contributed by atoms with van der Waals surface area (Å²) in [5, 5.41) is 0.399. The molecule has 4 nitrogen and oxygen atoms in total. The third-order valence-corrected chi connectivity index (χ3v) is 2.88. The molecular formula is C8H11BrClN3O. The Balaban J connectivity index is 3.14. The molecule has 1 aromatic rings. The van der Waals surface area contributed by atoms with E-state index in [1.165, 1.54) is 0 Å². The van der Waals surface area contributed by atoms with Gasteiger partial charge in [0.15, 0.2) is 0 Å². The van der Waals surface area contributed by atoms with Crippen LogP contribution >= 0.6 is 27.5 Å². The molecular weight excluding hydrogens is 269 g/mol. The van der Waals surface area contributed by atoms with Crippen LogP contribution < -0.4 is 4.90 Å². The van der Waals surface area contributed by atoms with Crippen molar-refractivity contribution in [3.63, 3.8) is 0 Å². The number of methoxy groups -OCH3 is 1. The number of ether oxygens (including phenoxy) is 1. The molecule has 0 aliphatic carbocycles. The molecule has 1 aromatic heterocycles. The van der Waals surface area contributed by atoms with Crippen molar-refractivity contribution in [2.75, 3.05) is 26.1 Å². The van der Waals surface area contributed by atoms with E-state index in [0.29, 0.717) is 22.2 Å². The largest absolute Gasteiger partial charge is 0.378 e. The summed E-state index contributed by atoms with van der Waals surface area (Å²) < 4.78 is 5.69. The van der Waals surface area contributed by atoms with Crippen molar-refractivity contribution in [2.45, 2.75) is 6.61 Å². The fourth-order valence-electron chi connectivity index (χ4n) is 0.883. The lowest BCUT2D eigenvalue weighted by Gasteiger charge is -2.12. The highest BCUT2D eigenvalue weighted by atomic mass is 79.9. The molecule has 0 atom stereocenters. The molecule has 0 spiro atoms. The number of aromatic nitrogens is 2. The van der Waals surface area contributed by atoms with Crippen molar-refractivity contribution in [1.82, 2.24) is 9.97 Å². The molecule has 0 fully saturated rings. The zero-order valence-corrected chi connectivity index (χ0v) is 10.6. The Kier molecular flexibility index (Phi) is 4.10. The molecule has 0 aliphatic heterocycles. The average Bonchev–Trinajstić information content (AvgIpc) is 2.12. The van der Waals surface area contributed by atoms with Gasteiger partial charge in [-0.25, -0.2) is 4.98 Å². The first kappa shape index (κ1) is 11.7. The minimum absolute atomic E-state index is 0.399. The van der Waals surface area contributed by atoms with E-state index >= 15 is 0 Å². The summed E-state index contributed by atoms with van der Waals surface area (Å²) in [5.74, 6) is 0.574. The SMILES string of the molecule is COCc1nc(N(C)C)nc(Cl)c1Br. The molecule has 0 unspecified atom stereocenters. The quantitative estimate of drug-likeness (QED) is 0.795. The maximum absolute atomic E-state index is 5.92. The fraction of sp³-hybridized carbons (Fsp3) is 0.500. The molecule has 0 saturated heterocycles. The number of rotatable bonds is 3. The second-order valence-corrected chi connectivity index (χ2v) is 4.05. The highest BCUT2D eigenvalue weighted by Crippen LogP contribution is 2.25. The molecule has 0 radical (unpaired) electrons. The van der Waals surface area contributed by atoms with Gasteiger partial charge in [0.05, 0.1) is 16.8 Å². The Morgan fingerprint density at radius 2 is 2.07 bits per heavy atom. The van der Waals surface area contributed by atoms with Gasteiger partial charge in [0, 0.05) is 21.2 Å². The van der Waals surface area contributed by atoms with Crippen LogP contribution in [-0.2, 0) is 11.3 Å². The van der Waals surface area contributed by atoms with Gasteiger partial charge in [-0.15, -0.1) is 0 Å². The first-order valence-corrected chi connectivity index (χ1v) is 5.11. The van der Waals surface area contributed by atoms with Gasteiger partial charge in [-0.2, -0.15) is 4.98 Å². The fourth-order valence-corrected chi connectivity index (χ4v) is 1.36. The van der Waals surface area contributed by atoms with Crippen LogP contribution in [0.2, 0.25) is 5.15 Å². The van der Waals surface area contributed by atoms with Crippen LogP contribution in [-0.4, -0.2) is 31.2 Å². The number of nitrogens with zero attached hydrogens (tertiary/aromatic N) is 3. The van der Waals surface area contributed by atoms with Crippen LogP contribution in [0.5, 0.6) is 0 Å². The highest BCUT2D eigenvalue weighted by molar-refractivity contribution is 9.10. The Labute approximate surface area is 96.4 Å². The summed E-state index contributed by atoms with van der Waals surface area (Å²) in [6, 6.07) is 0. The van der Waals surface area contributed by atoms with Crippen LogP contribution in [0, 0.1) is 0 Å². The van der Waals surface area contributed by atoms with E-state index < -0.39 is 0 Å². The molecule has 0 saturated carbocycles. The maximum atomic E-state index is 5.92. The Hall–Kier alpha value is -0.390. The van der Waals surface area contributed by atoms with E-state index in [4.69, 9.17) is 16.3 Å². The van der Waals surface area contributed by atoms with Gasteiger partial charge >= 0.3 is 0 Å². The molecule has 0 aromatic carbocycles. The standard InChI is InChI=1S/C8H11BrClN3O/c1-13(2)8-11-5(4-14-3)6(9)7(10)12-8/h4H2,1-3H3. The Bertz CT molecular complexity index is 333. The van der Waals surface area contributed by atoms with Crippen LogP contribution in [0.15, 0.2) is 4.47 Å². The van der Waals surface area contributed by atoms with Gasteiger partial charge in [-0.3, -0.25) is 0 Å². The summed E-state index contributed by atoms with van der Waals surface area (Å²) in [7, 11) is 5.32. The number of halogens is 2. The normalized spacial score (nSPS) is 10.4. The molecule has 0 aliphatic rings. The van der Waals surface area contributed by atoms with Gasteiger partial charge in [0.25, 0.3) is 0 Å². The number of hydrogen-bond donors (Lipinski definition) is 0. The number of hydrogen-bond acceptors (Lipinski definition) is 4. The van der Waals surface area contributed by atoms with Crippen molar-refractivity contribution < 1.29 is 4.74 Å². The third-order valence-electron chi connectivity index (χ3n) is 1.55. The zero-order chi connectivity index (χ0) is 10.7. The van der Waals surface area contributed by atoms with Gasteiger partial charge < -0.3 is 9.64 Å². The molecule has 14 heavy (non-hydrogen) atoms. The lowest BCUT2D eigenvalue weighted by Crippen LogP contribution is -2.14. The smallest absolute Gasteiger partial charge is 0.226 e.